The van der Waals surface area contributed by atoms with E-state index in [-0.39, 0.29) is 18.1 Å². The number of amides is 1. The molecule has 6 nitrogen and oxygen atoms in total. The van der Waals surface area contributed by atoms with Crippen molar-refractivity contribution in [2.45, 2.75) is 32.4 Å². The number of carbonyl (C=O) groups excluding carboxylic acids is 1. The van der Waals surface area contributed by atoms with Crippen molar-refractivity contribution >= 4 is 11.6 Å². The molecule has 0 aromatic heterocycles. The van der Waals surface area contributed by atoms with Gasteiger partial charge >= 0.3 is 0 Å². The summed E-state index contributed by atoms with van der Waals surface area (Å²) in [6.45, 7) is 9.79. The van der Waals surface area contributed by atoms with Gasteiger partial charge in [-0.05, 0) is 68.8 Å². The number of fused-ring (bicyclic) bond motifs is 1. The zero-order chi connectivity index (χ0) is 22.7. The van der Waals surface area contributed by atoms with E-state index in [0.717, 1.165) is 44.9 Å². The Morgan fingerprint density at radius 3 is 2.41 bits per heavy atom. The van der Waals surface area contributed by atoms with Crippen LogP contribution in [-0.4, -0.2) is 75.2 Å². The lowest BCUT2D eigenvalue weighted by Crippen LogP contribution is -2.48. The third kappa shape index (κ3) is 5.25. The van der Waals surface area contributed by atoms with Gasteiger partial charge in [-0.2, -0.15) is 0 Å². The minimum absolute atomic E-state index is 0.0406. The Bertz CT molecular complexity index is 920. The van der Waals surface area contributed by atoms with Crippen LogP contribution < -0.4 is 15.0 Å². The molecule has 1 N–H and O–H groups in total. The number of nitrogens with one attached hydrogen (secondary N) is 1. The van der Waals surface area contributed by atoms with Crippen molar-refractivity contribution in [3.8, 4) is 5.75 Å². The molecule has 4 rings (SSSR count). The summed E-state index contributed by atoms with van der Waals surface area (Å²) in [5, 5.41) is 3.20. The van der Waals surface area contributed by atoms with Gasteiger partial charge in [0.2, 0.25) is 0 Å². The maximum atomic E-state index is 12.9. The molecule has 2 aliphatic rings. The number of nitrogens with zero attached hydrogens (tertiary/aromatic N) is 3. The number of hydrogen-bond acceptors (Lipinski definition) is 5. The largest absolute Gasteiger partial charge is 0.491 e. The summed E-state index contributed by atoms with van der Waals surface area (Å²) >= 11 is 0. The molecule has 0 radical (unpaired) electrons. The molecule has 2 heterocycles. The lowest BCUT2D eigenvalue weighted by molar-refractivity contribution is 0.0886. The minimum atomic E-state index is -0.0406. The molecule has 2 aromatic carbocycles. The number of rotatable bonds is 7. The fraction of sp³-hybridized carbons (Fsp3) is 0.500. The van der Waals surface area contributed by atoms with Gasteiger partial charge in [0.05, 0.1) is 12.1 Å². The van der Waals surface area contributed by atoms with Gasteiger partial charge in [0.15, 0.2) is 0 Å². The second kappa shape index (κ2) is 9.92. The molecule has 0 saturated carbocycles. The highest BCUT2D eigenvalue weighted by molar-refractivity contribution is 5.94. The Balaban J connectivity index is 1.47. The van der Waals surface area contributed by atoms with Crippen molar-refractivity contribution in [1.29, 1.82) is 0 Å². The number of piperazine rings is 1. The molecule has 172 valence electrons. The molecule has 2 aliphatic heterocycles. The Morgan fingerprint density at radius 1 is 1.00 bits per heavy atom. The maximum Gasteiger partial charge on any atom is 0.251 e. The van der Waals surface area contributed by atoms with Crippen LogP contribution in [0.1, 0.15) is 41.4 Å². The second-order valence-corrected chi connectivity index (χ2v) is 9.32. The highest BCUT2D eigenvalue weighted by Gasteiger charge is 2.26. The van der Waals surface area contributed by atoms with E-state index in [1.54, 1.807) is 0 Å². The van der Waals surface area contributed by atoms with E-state index in [1.165, 1.54) is 16.8 Å². The molecule has 1 fully saturated rings. The average Bonchev–Trinajstić information content (AvgIpc) is 3.15. The van der Waals surface area contributed by atoms with Crippen LogP contribution in [0.4, 0.5) is 5.69 Å². The molecule has 1 atom stereocenters. The first-order chi connectivity index (χ1) is 15.4. The van der Waals surface area contributed by atoms with E-state index < -0.39 is 0 Å². The van der Waals surface area contributed by atoms with E-state index in [1.807, 2.05) is 38.1 Å². The van der Waals surface area contributed by atoms with Crippen molar-refractivity contribution in [2.24, 2.45) is 0 Å². The van der Waals surface area contributed by atoms with Gasteiger partial charge in [-0.15, -0.1) is 0 Å². The summed E-state index contributed by atoms with van der Waals surface area (Å²) in [6, 6.07) is 14.4. The predicted octanol–water partition coefficient (Wildman–Crippen LogP) is 3.18. The molecule has 0 bridgehead atoms. The molecule has 6 heteroatoms. The van der Waals surface area contributed by atoms with Crippen molar-refractivity contribution in [3.63, 3.8) is 0 Å². The number of likely N-dealkylation sites (N-methyl/N-ethyl adjacent to an activating group) is 2. The van der Waals surface area contributed by atoms with Crippen molar-refractivity contribution in [2.75, 3.05) is 58.3 Å². The van der Waals surface area contributed by atoms with Crippen LogP contribution in [0.5, 0.6) is 5.75 Å². The fourth-order valence-electron chi connectivity index (χ4n) is 4.63. The molecule has 32 heavy (non-hydrogen) atoms. The first-order valence-electron chi connectivity index (χ1n) is 11.7. The lowest BCUT2D eigenvalue weighted by atomic mass is 10.00. The van der Waals surface area contributed by atoms with Crippen molar-refractivity contribution in [1.82, 2.24) is 15.1 Å². The van der Waals surface area contributed by atoms with Crippen LogP contribution in [0, 0.1) is 0 Å². The Morgan fingerprint density at radius 2 is 1.72 bits per heavy atom. The van der Waals surface area contributed by atoms with Gasteiger partial charge in [0.1, 0.15) is 5.75 Å². The lowest BCUT2D eigenvalue weighted by Gasteiger charge is -2.38. The van der Waals surface area contributed by atoms with Crippen LogP contribution in [0.3, 0.4) is 0 Å². The number of benzene rings is 2. The topological polar surface area (TPSA) is 48.1 Å². The molecule has 1 saturated heterocycles. The van der Waals surface area contributed by atoms with Crippen molar-refractivity contribution in [3.05, 3.63) is 59.2 Å². The summed E-state index contributed by atoms with van der Waals surface area (Å²) in [7, 11) is 4.33. The normalized spacial score (nSPS) is 18.0. The van der Waals surface area contributed by atoms with Crippen LogP contribution in [0.15, 0.2) is 42.5 Å². The summed E-state index contributed by atoms with van der Waals surface area (Å²) in [6.07, 6.45) is 1.21. The Kier molecular flexibility index (Phi) is 7.01. The third-order valence-electron chi connectivity index (χ3n) is 6.54. The number of carbonyl (C=O) groups is 1. The molecule has 1 amide bonds. The van der Waals surface area contributed by atoms with E-state index >= 15 is 0 Å². The van der Waals surface area contributed by atoms with Gasteiger partial charge in [0.25, 0.3) is 5.91 Å². The van der Waals surface area contributed by atoms with E-state index in [9.17, 15) is 4.79 Å². The van der Waals surface area contributed by atoms with Gasteiger partial charge in [-0.3, -0.25) is 9.69 Å². The highest BCUT2D eigenvalue weighted by atomic mass is 16.5. The van der Waals surface area contributed by atoms with E-state index in [0.29, 0.717) is 12.1 Å². The second-order valence-electron chi connectivity index (χ2n) is 9.32. The summed E-state index contributed by atoms with van der Waals surface area (Å²) in [5.41, 5.74) is 4.70. The monoisotopic (exact) mass is 436 g/mol. The molecule has 0 unspecified atom stereocenters. The molecule has 0 aliphatic carbocycles. The number of ether oxygens (including phenoxy) is 1. The predicted molar refractivity (Wildman–Crippen MR) is 130 cm³/mol. The molecular formula is C26H36N4O2. The number of anilines is 1. The van der Waals surface area contributed by atoms with Gasteiger partial charge in [-0.25, -0.2) is 0 Å². The molecule has 2 aromatic rings. The van der Waals surface area contributed by atoms with Gasteiger partial charge in [-0.1, -0.05) is 12.1 Å². The summed E-state index contributed by atoms with van der Waals surface area (Å²) in [5.74, 6) is 0.746. The van der Waals surface area contributed by atoms with Crippen LogP contribution in [0.2, 0.25) is 0 Å². The van der Waals surface area contributed by atoms with Crippen LogP contribution >= 0.6 is 0 Å². The molecule has 0 spiro atoms. The van der Waals surface area contributed by atoms with E-state index in [2.05, 4.69) is 52.3 Å². The van der Waals surface area contributed by atoms with Gasteiger partial charge in [0, 0.05) is 57.6 Å². The SMILES string of the molecule is CC(C)Oc1ccc(C(=O)NC[C@H](c2ccc3c(c2)CCN3C)N2CCN(C)CC2)cc1. The van der Waals surface area contributed by atoms with Gasteiger partial charge < -0.3 is 19.9 Å². The minimum Gasteiger partial charge on any atom is -0.491 e. The first kappa shape index (κ1) is 22.6. The highest BCUT2D eigenvalue weighted by Crippen LogP contribution is 2.31. The average molecular weight is 437 g/mol. The Hall–Kier alpha value is -2.57. The fourth-order valence-corrected chi connectivity index (χ4v) is 4.63. The standard InChI is InChI=1S/C26H36N4O2/c1-19(2)32-23-8-5-20(6-9-23)26(31)27-18-25(30-15-13-28(3)14-16-30)21-7-10-24-22(17-21)11-12-29(24)4/h5-10,17,19,25H,11-16,18H2,1-4H3,(H,27,31)/t25-/m1/s1. The van der Waals surface area contributed by atoms with Crippen molar-refractivity contribution < 1.29 is 9.53 Å². The van der Waals surface area contributed by atoms with Crippen LogP contribution in [-0.2, 0) is 6.42 Å². The quantitative estimate of drug-likeness (QED) is 0.722. The molecular weight excluding hydrogens is 400 g/mol. The number of hydrogen-bond donors (Lipinski definition) is 1. The first-order valence-corrected chi connectivity index (χ1v) is 11.7. The zero-order valence-electron chi connectivity index (χ0n) is 19.8. The maximum absolute atomic E-state index is 12.9. The Labute approximate surface area is 192 Å². The van der Waals surface area contributed by atoms with Crippen LogP contribution in [0.25, 0.3) is 0 Å². The smallest absolute Gasteiger partial charge is 0.251 e. The van der Waals surface area contributed by atoms with E-state index in [4.69, 9.17) is 4.74 Å². The third-order valence-corrected chi connectivity index (χ3v) is 6.54. The summed E-state index contributed by atoms with van der Waals surface area (Å²) in [4.78, 5) is 20.1. The summed E-state index contributed by atoms with van der Waals surface area (Å²) < 4.78 is 5.69. The zero-order valence-corrected chi connectivity index (χ0v) is 19.8.